The number of nitrogens with zero attached hydrogens (tertiary/aromatic N) is 1. The summed E-state index contributed by atoms with van der Waals surface area (Å²) in [7, 11) is 1.48. The van der Waals surface area contributed by atoms with Crippen LogP contribution in [0.2, 0.25) is 0 Å². The number of quaternary nitrogens is 1. The van der Waals surface area contributed by atoms with Crippen molar-refractivity contribution in [2.24, 2.45) is 0 Å². The molecule has 0 aromatic rings. The van der Waals surface area contributed by atoms with Gasteiger partial charge in [0.1, 0.15) is 19.8 Å². The fraction of sp³-hybridized carbons (Fsp3) is 0.744. The molecule has 88 heavy (non-hydrogen) atoms. The highest BCUT2D eigenvalue weighted by atomic mass is 31.2. The lowest BCUT2D eigenvalue weighted by atomic mass is 10.0. The van der Waals surface area contributed by atoms with Crippen LogP contribution in [0, 0.1) is 0 Å². The van der Waals surface area contributed by atoms with Gasteiger partial charge in [0.05, 0.1) is 27.7 Å². The van der Waals surface area contributed by atoms with E-state index in [0.29, 0.717) is 17.4 Å². The fourth-order valence-electron chi connectivity index (χ4n) is 10.2. The lowest BCUT2D eigenvalue weighted by molar-refractivity contribution is -0.870. The summed E-state index contributed by atoms with van der Waals surface area (Å²) < 4.78 is 34.8. The van der Waals surface area contributed by atoms with Gasteiger partial charge in [-0.1, -0.05) is 316 Å². The molecule has 1 N–H and O–H groups in total. The van der Waals surface area contributed by atoms with Crippen molar-refractivity contribution in [3.63, 3.8) is 0 Å². The van der Waals surface area contributed by atoms with Gasteiger partial charge in [-0.2, -0.15) is 0 Å². The monoisotopic (exact) mass is 1250 g/mol. The average Bonchev–Trinajstić information content (AvgIpc) is 3.68. The first-order valence-electron chi connectivity index (χ1n) is 36.6. The maximum absolute atomic E-state index is 12.9. The highest BCUT2D eigenvalue weighted by Gasteiger charge is 2.27. The molecule has 10 heteroatoms. The number of hydrogen-bond donors (Lipinski definition) is 1. The number of esters is 2. The molecule has 2 atom stereocenters. The smallest absolute Gasteiger partial charge is 0.462 e. The number of hydrogen-bond acceptors (Lipinski definition) is 7. The zero-order valence-electron chi connectivity index (χ0n) is 57.9. The maximum atomic E-state index is 12.9. The molecule has 0 aromatic carbocycles. The number of phosphoric acid groups is 1. The van der Waals surface area contributed by atoms with Crippen molar-refractivity contribution in [3.05, 3.63) is 109 Å². The number of carbonyl (C=O) groups is 2. The van der Waals surface area contributed by atoms with Gasteiger partial charge in [-0.25, -0.2) is 4.57 Å². The molecule has 0 fully saturated rings. The Kier molecular flexibility index (Phi) is 65.5. The van der Waals surface area contributed by atoms with Crippen molar-refractivity contribution in [1.82, 2.24) is 0 Å². The van der Waals surface area contributed by atoms with Crippen molar-refractivity contribution in [2.45, 2.75) is 328 Å². The molecule has 0 rings (SSSR count). The Morgan fingerprint density at radius 1 is 0.364 bits per heavy atom. The topological polar surface area (TPSA) is 108 Å². The largest absolute Gasteiger partial charge is 0.472 e. The fourth-order valence-corrected chi connectivity index (χ4v) is 10.9. The Bertz CT molecular complexity index is 1850. The molecule has 0 aliphatic carbocycles. The summed E-state index contributed by atoms with van der Waals surface area (Å²) in [5, 5.41) is 0. The van der Waals surface area contributed by atoms with Gasteiger partial charge in [-0.15, -0.1) is 0 Å². The Labute approximate surface area is 544 Å². The average molecular weight is 1250 g/mol. The van der Waals surface area contributed by atoms with E-state index < -0.39 is 26.5 Å². The van der Waals surface area contributed by atoms with Crippen LogP contribution in [0.25, 0.3) is 0 Å². The SMILES string of the molecule is CC/C=C\C/C=C\C/C=C\C/C=C\C/C=C\C/C=C\CCCCCCCCCCCCCCCCCCCCC(=O)OC(COC(=O)CCCCCCCCCCCCCC/C=C\C/C=C\C/C=C\CCCCCCC)COP(=O)(O)OCC[N+](C)(C)C. The van der Waals surface area contributed by atoms with Gasteiger partial charge in [-0.3, -0.25) is 18.6 Å². The molecule has 0 heterocycles. The van der Waals surface area contributed by atoms with Crippen LogP contribution in [-0.4, -0.2) is 74.9 Å². The molecule has 0 spiro atoms. The number of rotatable bonds is 67. The first-order chi connectivity index (χ1) is 43.0. The third-order valence-electron chi connectivity index (χ3n) is 15.8. The predicted molar refractivity (Wildman–Crippen MR) is 381 cm³/mol. The van der Waals surface area contributed by atoms with E-state index in [0.717, 1.165) is 83.5 Å². The van der Waals surface area contributed by atoms with E-state index >= 15 is 0 Å². The molecular formula is C78H139NO8P+. The molecule has 0 aliphatic heterocycles. The Morgan fingerprint density at radius 2 is 0.648 bits per heavy atom. The molecule has 0 radical (unpaired) electrons. The number of unbranched alkanes of at least 4 members (excludes halogenated alkanes) is 35. The summed E-state index contributed by atoms with van der Waals surface area (Å²) >= 11 is 0. The van der Waals surface area contributed by atoms with Gasteiger partial charge in [0.25, 0.3) is 0 Å². The molecular weight excluding hydrogens is 1110 g/mol. The van der Waals surface area contributed by atoms with Crippen molar-refractivity contribution < 1.29 is 42.1 Å². The maximum Gasteiger partial charge on any atom is 0.472 e. The van der Waals surface area contributed by atoms with Crippen molar-refractivity contribution in [1.29, 1.82) is 0 Å². The normalized spacial score (nSPS) is 13.8. The van der Waals surface area contributed by atoms with Crippen molar-refractivity contribution in [3.8, 4) is 0 Å². The van der Waals surface area contributed by atoms with Crippen LogP contribution in [0.1, 0.15) is 322 Å². The minimum absolute atomic E-state index is 0.0291. The lowest BCUT2D eigenvalue weighted by Gasteiger charge is -2.24. The quantitative estimate of drug-likeness (QED) is 0.0211. The second-order valence-corrected chi connectivity index (χ2v) is 27.0. The zero-order chi connectivity index (χ0) is 64.1. The zero-order valence-corrected chi connectivity index (χ0v) is 58.8. The van der Waals surface area contributed by atoms with Crippen LogP contribution in [0.3, 0.4) is 0 Å². The molecule has 9 nitrogen and oxygen atoms in total. The van der Waals surface area contributed by atoms with Gasteiger partial charge in [0.2, 0.25) is 0 Å². The van der Waals surface area contributed by atoms with E-state index in [-0.39, 0.29) is 32.0 Å². The Balaban J connectivity index is 4.01. The number of allylic oxidation sites excluding steroid dienone is 18. The van der Waals surface area contributed by atoms with Crippen molar-refractivity contribution >= 4 is 19.8 Å². The molecule has 508 valence electrons. The highest BCUT2D eigenvalue weighted by molar-refractivity contribution is 7.47. The summed E-state index contributed by atoms with van der Waals surface area (Å²) in [5.74, 6) is -0.791. The summed E-state index contributed by atoms with van der Waals surface area (Å²) in [4.78, 5) is 35.9. The van der Waals surface area contributed by atoms with Gasteiger partial charge in [-0.05, 0) is 103 Å². The second-order valence-electron chi connectivity index (χ2n) is 25.6. The van der Waals surface area contributed by atoms with E-state index in [1.165, 1.54) is 205 Å². The van der Waals surface area contributed by atoms with E-state index in [4.69, 9.17) is 18.5 Å². The highest BCUT2D eigenvalue weighted by Crippen LogP contribution is 2.43. The predicted octanol–water partition coefficient (Wildman–Crippen LogP) is 24.1. The molecule has 0 saturated carbocycles. The van der Waals surface area contributed by atoms with Crippen LogP contribution in [-0.2, 0) is 32.7 Å². The van der Waals surface area contributed by atoms with Crippen molar-refractivity contribution in [2.75, 3.05) is 47.5 Å². The van der Waals surface area contributed by atoms with Crippen LogP contribution >= 0.6 is 7.82 Å². The number of carbonyl (C=O) groups excluding carboxylic acids is 2. The molecule has 0 aliphatic rings. The van der Waals surface area contributed by atoms with E-state index in [1.54, 1.807) is 0 Å². The minimum atomic E-state index is -4.40. The third kappa shape index (κ3) is 71.7. The standard InChI is InChI=1S/C78H138NO8P/c1-6-8-10-12-14-16-18-20-22-24-26-28-30-32-34-35-36-37-38-39-40-41-42-43-45-47-49-51-53-55-57-59-61-63-65-67-69-71-78(81)87-76(75-86-88(82,83)85-73-72-79(3,4)5)74-84-77(80)70-68-66-64-62-60-58-56-54-52-50-48-46-44-33-31-29-27-25-23-21-19-17-15-13-11-9-7-2/h8,10,14,16,19-22,25-28,31-34,36-37,76H,6-7,9,11-13,15,17-18,23-24,29-30,35,38-75H2,1-5H3/p+1/b10-8-,16-14-,21-19-,22-20-,27-25-,28-26-,33-31-,34-32-,37-36-. The Morgan fingerprint density at radius 3 is 0.966 bits per heavy atom. The summed E-state index contributed by atoms with van der Waals surface area (Å²) in [6.07, 6.45) is 96.3. The molecule has 0 amide bonds. The summed E-state index contributed by atoms with van der Waals surface area (Å²) in [6.45, 7) is 4.34. The van der Waals surface area contributed by atoms with Crippen LogP contribution in [0.5, 0.6) is 0 Å². The van der Waals surface area contributed by atoms with Gasteiger partial charge >= 0.3 is 19.8 Å². The van der Waals surface area contributed by atoms with E-state index in [1.807, 2.05) is 21.1 Å². The molecule has 0 aromatic heterocycles. The first-order valence-corrected chi connectivity index (χ1v) is 38.1. The first kappa shape index (κ1) is 84.7. The lowest BCUT2D eigenvalue weighted by Crippen LogP contribution is -2.37. The molecule has 0 bridgehead atoms. The van der Waals surface area contributed by atoms with Crippen LogP contribution in [0.4, 0.5) is 0 Å². The molecule has 2 unspecified atom stereocenters. The van der Waals surface area contributed by atoms with E-state index in [2.05, 4.69) is 123 Å². The van der Waals surface area contributed by atoms with E-state index in [9.17, 15) is 19.0 Å². The summed E-state index contributed by atoms with van der Waals surface area (Å²) in [6, 6.07) is 0. The number of likely N-dealkylation sites (N-methyl/N-ethyl adjacent to an activating group) is 1. The Hall–Kier alpha value is -3.33. The minimum Gasteiger partial charge on any atom is -0.462 e. The van der Waals surface area contributed by atoms with Gasteiger partial charge in [0, 0.05) is 12.8 Å². The van der Waals surface area contributed by atoms with Crippen LogP contribution < -0.4 is 0 Å². The van der Waals surface area contributed by atoms with Gasteiger partial charge in [0.15, 0.2) is 6.10 Å². The van der Waals surface area contributed by atoms with Crippen LogP contribution in [0.15, 0.2) is 109 Å². The summed E-state index contributed by atoms with van der Waals surface area (Å²) in [5.41, 5.74) is 0. The second kappa shape index (κ2) is 68.0. The third-order valence-corrected chi connectivity index (χ3v) is 16.8. The molecule has 0 saturated heterocycles. The number of ether oxygens (including phenoxy) is 2. The van der Waals surface area contributed by atoms with Gasteiger partial charge < -0.3 is 18.9 Å². The number of phosphoric ester groups is 1.